The molecule has 12 heavy (non-hydrogen) atoms. The van der Waals surface area contributed by atoms with E-state index in [1.807, 2.05) is 0 Å². The monoisotopic (exact) mass is 264 g/mol. The zero-order valence-electron chi connectivity index (χ0n) is 5.27. The Morgan fingerprint density at radius 3 is 1.25 bits per heavy atom. The van der Waals surface area contributed by atoms with Crippen LogP contribution in [0.25, 0.3) is 0 Å². The zero-order valence-corrected chi connectivity index (χ0v) is 9.05. The minimum Gasteiger partial charge on any atom is -0.281 e. The molecule has 3 nitrogen and oxygen atoms in total. The van der Waals surface area contributed by atoms with Crippen molar-refractivity contribution in [3.63, 3.8) is 0 Å². The topological polar surface area (TPSA) is 54.4 Å². The molecule has 0 aromatic carbocycles. The van der Waals surface area contributed by atoms with Crippen molar-refractivity contribution in [2.75, 3.05) is 0 Å². The largest absolute Gasteiger partial charge is 0.472 e. The van der Waals surface area contributed by atoms with Crippen molar-refractivity contribution < 1.29 is 54.4 Å². The van der Waals surface area contributed by atoms with Crippen LogP contribution in [0, 0.1) is 0 Å². The maximum absolute atomic E-state index is 11.5. The van der Waals surface area contributed by atoms with Crippen LogP contribution in [0.15, 0.2) is 0 Å². The maximum atomic E-state index is 11.5. The molecule has 70 valence electrons. The molecule has 0 aromatic heterocycles. The summed E-state index contributed by atoms with van der Waals surface area (Å²) in [6.45, 7) is 0. The van der Waals surface area contributed by atoms with Crippen LogP contribution in [-0.2, 0) is 29.6 Å². The predicted octanol–water partition coefficient (Wildman–Crippen LogP) is 1.03. The Morgan fingerprint density at radius 1 is 1.00 bits per heavy atom. The van der Waals surface area contributed by atoms with Crippen LogP contribution in [0.2, 0.25) is 0 Å². The van der Waals surface area contributed by atoms with Gasteiger partial charge in [0.25, 0.3) is 0 Å². The van der Waals surface area contributed by atoms with E-state index in [9.17, 15) is 30.4 Å². The van der Waals surface area contributed by atoms with Gasteiger partial charge in [-0.15, -0.1) is 0 Å². The Labute approximate surface area is 76.4 Å². The van der Waals surface area contributed by atoms with Crippen molar-refractivity contribution in [1.82, 2.24) is 0 Å². The Bertz CT molecular complexity index is 242. The molecule has 0 fully saturated rings. The second kappa shape index (κ2) is 3.51. The molecule has 0 heterocycles. The summed E-state index contributed by atoms with van der Waals surface area (Å²) < 4.78 is 82.2. The van der Waals surface area contributed by atoms with Crippen molar-refractivity contribution in [3.8, 4) is 0 Å². The van der Waals surface area contributed by atoms with Crippen LogP contribution in [0.5, 0.6) is 0 Å². The molecule has 0 bridgehead atoms. The zero-order chi connectivity index (χ0) is 9.50. The maximum Gasteiger partial charge on any atom is 0.472 e. The van der Waals surface area contributed by atoms with Crippen molar-refractivity contribution in [3.05, 3.63) is 0 Å². The Morgan fingerprint density at radius 2 is 1.25 bits per heavy atom. The quantitative estimate of drug-likeness (QED) is 0.438. The van der Waals surface area contributed by atoms with Gasteiger partial charge in [-0.2, -0.15) is 30.4 Å². The molecule has 0 radical (unpaired) electrons. The van der Waals surface area contributed by atoms with E-state index < -0.39 is 21.5 Å². The minimum absolute atomic E-state index is 0. The molecule has 0 atom stereocenters. The summed E-state index contributed by atoms with van der Waals surface area (Å²) in [5.74, 6) is 0. The molecule has 1 N–H and O–H groups in total. The third-order valence-corrected chi connectivity index (χ3v) is 1.53. The molecule has 0 aliphatic rings. The fourth-order valence-electron chi connectivity index (χ4n) is 0.146. The van der Waals surface area contributed by atoms with Gasteiger partial charge in [-0.3, -0.25) is 4.55 Å². The SMILES string of the molecule is O=S(=O)(O)C(F)(F)C(F)(F)F.[Zn]. The molecule has 0 saturated carbocycles. The van der Waals surface area contributed by atoms with Gasteiger partial charge < -0.3 is 0 Å². The number of hydrogen-bond acceptors (Lipinski definition) is 2. The van der Waals surface area contributed by atoms with Gasteiger partial charge in [0.15, 0.2) is 0 Å². The molecule has 0 rings (SSSR count). The second-order valence-corrected chi connectivity index (χ2v) is 2.95. The number of halogens is 5. The van der Waals surface area contributed by atoms with Gasteiger partial charge in [-0.05, 0) is 0 Å². The van der Waals surface area contributed by atoms with Crippen LogP contribution in [-0.4, -0.2) is 24.4 Å². The molecule has 0 aromatic rings. The first-order valence-corrected chi connectivity index (χ1v) is 3.36. The molecule has 0 spiro atoms. The van der Waals surface area contributed by atoms with E-state index in [0.717, 1.165) is 0 Å². The second-order valence-electron chi connectivity index (χ2n) is 1.49. The summed E-state index contributed by atoms with van der Waals surface area (Å²) in [5.41, 5.74) is 0. The first-order chi connectivity index (χ1) is 4.50. The van der Waals surface area contributed by atoms with Gasteiger partial charge in [0.2, 0.25) is 0 Å². The van der Waals surface area contributed by atoms with Crippen molar-refractivity contribution in [1.29, 1.82) is 0 Å². The number of alkyl halides is 5. The summed E-state index contributed by atoms with van der Waals surface area (Å²) in [7, 11) is -6.42. The third-order valence-electron chi connectivity index (χ3n) is 0.654. The van der Waals surface area contributed by atoms with Gasteiger partial charge in [0.05, 0.1) is 0 Å². The van der Waals surface area contributed by atoms with Gasteiger partial charge in [-0.25, -0.2) is 0 Å². The summed E-state index contributed by atoms with van der Waals surface area (Å²) in [4.78, 5) is 0. The van der Waals surface area contributed by atoms with Gasteiger partial charge in [-0.1, -0.05) is 0 Å². The Hall–Kier alpha value is 0.183. The van der Waals surface area contributed by atoms with E-state index in [-0.39, 0.29) is 19.5 Å². The summed E-state index contributed by atoms with van der Waals surface area (Å²) in [5, 5.41) is -6.10. The van der Waals surface area contributed by atoms with E-state index >= 15 is 0 Å². The number of rotatable bonds is 1. The van der Waals surface area contributed by atoms with Crippen LogP contribution < -0.4 is 0 Å². The first-order valence-electron chi connectivity index (χ1n) is 1.91. The van der Waals surface area contributed by atoms with Crippen LogP contribution in [0.1, 0.15) is 0 Å². The number of hydrogen-bond donors (Lipinski definition) is 1. The fourth-order valence-corrected chi connectivity index (χ4v) is 0.439. The standard InChI is InChI=1S/C2HF5O3S.Zn/c3-1(4,5)2(6,7)11(8,9)10;/h(H,8,9,10);. The predicted molar refractivity (Wildman–Crippen MR) is 22.6 cm³/mol. The average molecular weight is 265 g/mol. The molecular formula is C2HF5O3SZn. The summed E-state index contributed by atoms with van der Waals surface area (Å²) >= 11 is 0. The van der Waals surface area contributed by atoms with E-state index in [1.165, 1.54) is 0 Å². The molecule has 0 amide bonds. The molecule has 10 heteroatoms. The van der Waals surface area contributed by atoms with Gasteiger partial charge in [0.1, 0.15) is 0 Å². The van der Waals surface area contributed by atoms with E-state index in [1.54, 1.807) is 0 Å². The normalized spacial score (nSPS) is 13.8. The molecule has 0 aliphatic carbocycles. The Kier molecular flexibility index (Phi) is 4.29. The van der Waals surface area contributed by atoms with Crippen molar-refractivity contribution >= 4 is 10.1 Å². The van der Waals surface area contributed by atoms with Crippen LogP contribution in [0.3, 0.4) is 0 Å². The molecule has 0 aliphatic heterocycles. The molecular weight excluding hydrogens is 264 g/mol. The first kappa shape index (κ1) is 14.7. The minimum atomic E-state index is -6.42. The molecule has 0 saturated heterocycles. The van der Waals surface area contributed by atoms with Crippen molar-refractivity contribution in [2.24, 2.45) is 0 Å². The average Bonchev–Trinajstić information content (AvgIpc) is 1.58. The summed E-state index contributed by atoms with van der Waals surface area (Å²) in [6.07, 6.45) is -6.29. The van der Waals surface area contributed by atoms with E-state index in [0.29, 0.717) is 0 Å². The fraction of sp³-hybridized carbons (Fsp3) is 1.00. The van der Waals surface area contributed by atoms with Crippen LogP contribution in [0.4, 0.5) is 22.0 Å². The van der Waals surface area contributed by atoms with Gasteiger partial charge >= 0.3 is 21.5 Å². The van der Waals surface area contributed by atoms with E-state index in [2.05, 4.69) is 0 Å². The van der Waals surface area contributed by atoms with E-state index in [4.69, 9.17) is 4.55 Å². The Balaban J connectivity index is 0. The van der Waals surface area contributed by atoms with Crippen LogP contribution >= 0.6 is 0 Å². The smallest absolute Gasteiger partial charge is 0.281 e. The third kappa shape index (κ3) is 2.60. The molecule has 0 unspecified atom stereocenters. The summed E-state index contributed by atoms with van der Waals surface area (Å²) in [6, 6.07) is 0. The van der Waals surface area contributed by atoms with Gasteiger partial charge in [0, 0.05) is 19.5 Å². The van der Waals surface area contributed by atoms with Crippen molar-refractivity contribution in [2.45, 2.75) is 11.4 Å².